The minimum atomic E-state index is 0.578. The number of aryl methyl sites for hydroxylation is 1. The first-order chi connectivity index (χ1) is 10.8. The Bertz CT molecular complexity index is 654. The molecule has 2 aliphatic rings. The van der Waals surface area contributed by atoms with Crippen LogP contribution in [0.3, 0.4) is 0 Å². The zero-order valence-electron chi connectivity index (χ0n) is 13.5. The Morgan fingerprint density at radius 1 is 1.18 bits per heavy atom. The van der Waals surface area contributed by atoms with Crippen molar-refractivity contribution in [1.29, 1.82) is 0 Å². The maximum atomic E-state index is 4.87. The maximum Gasteiger partial charge on any atom is 0.0843 e. The zero-order valence-corrected chi connectivity index (χ0v) is 13.5. The van der Waals surface area contributed by atoms with Crippen molar-refractivity contribution in [3.63, 3.8) is 0 Å². The van der Waals surface area contributed by atoms with Gasteiger partial charge in [0.1, 0.15) is 0 Å². The van der Waals surface area contributed by atoms with Gasteiger partial charge in [-0.15, -0.1) is 0 Å². The van der Waals surface area contributed by atoms with Gasteiger partial charge in [-0.3, -0.25) is 9.58 Å². The topological polar surface area (TPSA) is 33.1 Å². The lowest BCUT2D eigenvalue weighted by Crippen LogP contribution is -2.38. The van der Waals surface area contributed by atoms with E-state index in [9.17, 15) is 0 Å². The van der Waals surface area contributed by atoms with Crippen LogP contribution in [0.25, 0.3) is 10.9 Å². The second kappa shape index (κ2) is 5.67. The van der Waals surface area contributed by atoms with Crippen LogP contribution in [0.2, 0.25) is 0 Å². The van der Waals surface area contributed by atoms with Crippen LogP contribution in [0.15, 0.2) is 24.3 Å². The number of hydrogen-bond donors (Lipinski definition) is 1. The summed E-state index contributed by atoms with van der Waals surface area (Å²) in [5.41, 5.74) is 3.10. The fourth-order valence-electron chi connectivity index (χ4n) is 4.29. The molecule has 4 heteroatoms. The molecule has 0 bridgehead atoms. The summed E-state index contributed by atoms with van der Waals surface area (Å²) in [6, 6.07) is 8.65. The summed E-state index contributed by atoms with van der Waals surface area (Å²) >= 11 is 0. The highest BCUT2D eigenvalue weighted by Gasteiger charge is 2.38. The molecular weight excluding hydrogens is 272 g/mol. The Labute approximate surface area is 132 Å². The molecule has 2 saturated heterocycles. The van der Waals surface area contributed by atoms with Gasteiger partial charge >= 0.3 is 0 Å². The normalized spacial score (nSPS) is 21.9. The number of nitrogens with one attached hydrogen (secondary N) is 1. The first kappa shape index (κ1) is 14.2. The van der Waals surface area contributed by atoms with E-state index in [4.69, 9.17) is 5.10 Å². The standard InChI is InChI=1S/C18H26N4/c1-2-22-17-6-4-3-5-15(17)16(20-22)13-21-12-9-18(14-21)7-10-19-11-8-18/h3-6,19H,2,7-14H2,1H3. The molecule has 4 rings (SSSR count). The van der Waals surface area contributed by atoms with Crippen molar-refractivity contribution in [3.8, 4) is 0 Å². The lowest BCUT2D eigenvalue weighted by Gasteiger charge is -2.33. The summed E-state index contributed by atoms with van der Waals surface area (Å²) in [6.45, 7) is 8.99. The van der Waals surface area contributed by atoms with Crippen molar-refractivity contribution in [2.45, 2.75) is 39.3 Å². The smallest absolute Gasteiger partial charge is 0.0843 e. The highest BCUT2D eigenvalue weighted by Crippen LogP contribution is 2.39. The fourth-order valence-corrected chi connectivity index (χ4v) is 4.29. The second-order valence-corrected chi connectivity index (χ2v) is 6.99. The van der Waals surface area contributed by atoms with Gasteiger partial charge in [0.05, 0.1) is 11.2 Å². The maximum absolute atomic E-state index is 4.87. The number of piperidine rings is 1. The summed E-state index contributed by atoms with van der Waals surface area (Å²) in [5.74, 6) is 0. The van der Waals surface area contributed by atoms with Gasteiger partial charge in [0.25, 0.3) is 0 Å². The third-order valence-corrected chi connectivity index (χ3v) is 5.59. The third kappa shape index (κ3) is 2.44. The van der Waals surface area contributed by atoms with Crippen molar-refractivity contribution in [2.24, 2.45) is 5.41 Å². The van der Waals surface area contributed by atoms with E-state index in [0.29, 0.717) is 5.41 Å². The molecule has 118 valence electrons. The van der Waals surface area contributed by atoms with Gasteiger partial charge in [0, 0.05) is 25.0 Å². The highest BCUT2D eigenvalue weighted by atomic mass is 15.3. The van der Waals surface area contributed by atoms with Crippen LogP contribution in [0.1, 0.15) is 31.9 Å². The van der Waals surface area contributed by atoms with Gasteiger partial charge in [-0.2, -0.15) is 5.10 Å². The van der Waals surface area contributed by atoms with Crippen molar-refractivity contribution in [2.75, 3.05) is 26.2 Å². The molecule has 0 aliphatic carbocycles. The van der Waals surface area contributed by atoms with Crippen molar-refractivity contribution < 1.29 is 0 Å². The second-order valence-electron chi connectivity index (χ2n) is 6.99. The van der Waals surface area contributed by atoms with Crippen LogP contribution in [-0.4, -0.2) is 40.9 Å². The van der Waals surface area contributed by atoms with E-state index < -0.39 is 0 Å². The molecule has 2 aromatic rings. The highest BCUT2D eigenvalue weighted by molar-refractivity contribution is 5.81. The average molecular weight is 298 g/mol. The molecule has 22 heavy (non-hydrogen) atoms. The van der Waals surface area contributed by atoms with Gasteiger partial charge in [0.2, 0.25) is 0 Å². The van der Waals surface area contributed by atoms with Crippen LogP contribution in [0.4, 0.5) is 0 Å². The molecule has 2 aliphatic heterocycles. The number of fused-ring (bicyclic) bond motifs is 1. The lowest BCUT2D eigenvalue weighted by molar-refractivity contribution is 0.193. The number of rotatable bonds is 3. The Morgan fingerprint density at radius 3 is 2.82 bits per heavy atom. The summed E-state index contributed by atoms with van der Waals surface area (Å²) in [7, 11) is 0. The molecule has 0 amide bonds. The molecule has 3 heterocycles. The van der Waals surface area contributed by atoms with E-state index in [1.54, 1.807) is 0 Å². The molecule has 1 spiro atoms. The largest absolute Gasteiger partial charge is 0.317 e. The van der Waals surface area contributed by atoms with Crippen LogP contribution >= 0.6 is 0 Å². The summed E-state index contributed by atoms with van der Waals surface area (Å²) < 4.78 is 2.14. The molecule has 1 N–H and O–H groups in total. The molecular formula is C18H26N4. The number of para-hydroxylation sites is 1. The molecule has 0 radical (unpaired) electrons. The third-order valence-electron chi connectivity index (χ3n) is 5.59. The van der Waals surface area contributed by atoms with E-state index in [-0.39, 0.29) is 0 Å². The summed E-state index contributed by atoms with van der Waals surface area (Å²) in [4.78, 5) is 2.63. The molecule has 0 unspecified atom stereocenters. The molecule has 4 nitrogen and oxygen atoms in total. The number of hydrogen-bond acceptors (Lipinski definition) is 3. The molecule has 2 fully saturated rings. The van der Waals surface area contributed by atoms with E-state index in [2.05, 4.69) is 46.1 Å². The molecule has 1 aromatic heterocycles. The predicted octanol–water partition coefficient (Wildman–Crippen LogP) is 2.63. The van der Waals surface area contributed by atoms with Gasteiger partial charge in [-0.05, 0) is 57.3 Å². The summed E-state index contributed by atoms with van der Waals surface area (Å²) in [5, 5.41) is 9.70. The number of nitrogens with zero attached hydrogens (tertiary/aromatic N) is 3. The van der Waals surface area contributed by atoms with Gasteiger partial charge in [0.15, 0.2) is 0 Å². The SMILES string of the molecule is CCn1nc(CN2CCC3(CCNCC3)C2)c2ccccc21. The lowest BCUT2D eigenvalue weighted by atomic mass is 9.78. The first-order valence-corrected chi connectivity index (χ1v) is 8.67. The van der Waals surface area contributed by atoms with Crippen LogP contribution in [-0.2, 0) is 13.1 Å². The van der Waals surface area contributed by atoms with Gasteiger partial charge < -0.3 is 5.32 Å². The minimum absolute atomic E-state index is 0.578. The number of likely N-dealkylation sites (tertiary alicyclic amines) is 1. The van der Waals surface area contributed by atoms with Crippen molar-refractivity contribution in [1.82, 2.24) is 20.0 Å². The number of benzene rings is 1. The van der Waals surface area contributed by atoms with Gasteiger partial charge in [-0.1, -0.05) is 18.2 Å². The van der Waals surface area contributed by atoms with Crippen molar-refractivity contribution in [3.05, 3.63) is 30.0 Å². The molecule has 0 saturated carbocycles. The Hall–Kier alpha value is -1.39. The van der Waals surface area contributed by atoms with E-state index in [0.717, 1.165) is 13.1 Å². The predicted molar refractivity (Wildman–Crippen MR) is 89.8 cm³/mol. The van der Waals surface area contributed by atoms with Crippen LogP contribution < -0.4 is 5.32 Å². The quantitative estimate of drug-likeness (QED) is 0.945. The van der Waals surface area contributed by atoms with E-state index in [1.807, 2.05) is 0 Å². The van der Waals surface area contributed by atoms with Crippen LogP contribution in [0.5, 0.6) is 0 Å². The molecule has 0 atom stereocenters. The summed E-state index contributed by atoms with van der Waals surface area (Å²) in [6.07, 6.45) is 4.04. The zero-order chi connectivity index (χ0) is 15.0. The van der Waals surface area contributed by atoms with Crippen LogP contribution in [0, 0.1) is 5.41 Å². The fraction of sp³-hybridized carbons (Fsp3) is 0.611. The monoisotopic (exact) mass is 298 g/mol. The number of aromatic nitrogens is 2. The molecule has 1 aromatic carbocycles. The van der Waals surface area contributed by atoms with Crippen molar-refractivity contribution >= 4 is 10.9 Å². The average Bonchev–Trinajstić information content (AvgIpc) is 3.11. The minimum Gasteiger partial charge on any atom is -0.317 e. The van der Waals surface area contributed by atoms with Gasteiger partial charge in [-0.25, -0.2) is 0 Å². The Morgan fingerprint density at radius 2 is 2.00 bits per heavy atom. The van der Waals surface area contributed by atoms with E-state index in [1.165, 1.54) is 62.0 Å². The Balaban J connectivity index is 1.54. The van der Waals surface area contributed by atoms with E-state index >= 15 is 0 Å². The first-order valence-electron chi connectivity index (χ1n) is 8.67. The Kier molecular flexibility index (Phi) is 3.66.